The molecule has 2 aromatic rings. The lowest BCUT2D eigenvalue weighted by atomic mass is 10.1. The fourth-order valence-electron chi connectivity index (χ4n) is 3.18. The fraction of sp³-hybridized carbons (Fsp3) is 0.278. The summed E-state index contributed by atoms with van der Waals surface area (Å²) in [5, 5.41) is 1.09. The number of benzene rings is 2. The van der Waals surface area contributed by atoms with Gasteiger partial charge in [0, 0.05) is 15.6 Å². The first-order valence-corrected chi connectivity index (χ1v) is 8.51. The Bertz CT molecular complexity index is 803. The molecule has 0 aliphatic carbocycles. The molecule has 124 valence electrons. The van der Waals surface area contributed by atoms with Gasteiger partial charge in [-0.3, -0.25) is 4.79 Å². The topological polar surface area (TPSA) is 38.8 Å². The number of ether oxygens (including phenoxy) is 2. The lowest BCUT2D eigenvalue weighted by Crippen LogP contribution is -2.47. The van der Waals surface area contributed by atoms with Crippen LogP contribution in [0, 0.1) is 0 Å². The summed E-state index contributed by atoms with van der Waals surface area (Å²) in [4.78, 5) is 14.8. The predicted octanol–water partition coefficient (Wildman–Crippen LogP) is 4.13. The van der Waals surface area contributed by atoms with Gasteiger partial charge in [0.25, 0.3) is 11.7 Å². The molecule has 0 saturated carbocycles. The van der Waals surface area contributed by atoms with Gasteiger partial charge < -0.3 is 14.4 Å². The van der Waals surface area contributed by atoms with E-state index >= 15 is 0 Å². The molecular weight excluding hydrogens is 349 g/mol. The first kappa shape index (κ1) is 15.9. The second-order valence-corrected chi connectivity index (χ2v) is 6.65. The summed E-state index contributed by atoms with van der Waals surface area (Å²) in [6.07, 6.45) is 0.778. The van der Waals surface area contributed by atoms with Crippen LogP contribution < -0.4 is 4.90 Å². The maximum absolute atomic E-state index is 13.1. The lowest BCUT2D eigenvalue weighted by molar-refractivity contribution is -0.256. The number of carbonyl (C=O) groups is 1. The van der Waals surface area contributed by atoms with E-state index in [-0.39, 0.29) is 5.91 Å². The SMILES string of the molecule is O=C1N(Cc2ccc(Cl)cc2Cl)c2ccccc2C12OCCCO2. The summed E-state index contributed by atoms with van der Waals surface area (Å²) in [6.45, 7) is 1.32. The molecule has 2 aromatic carbocycles. The normalized spacial score (nSPS) is 18.9. The van der Waals surface area contributed by atoms with Gasteiger partial charge in [0.1, 0.15) is 0 Å². The number of amides is 1. The number of hydrogen-bond donors (Lipinski definition) is 0. The molecule has 6 heteroatoms. The quantitative estimate of drug-likeness (QED) is 0.804. The molecule has 0 atom stereocenters. The van der Waals surface area contributed by atoms with E-state index in [2.05, 4.69) is 0 Å². The van der Waals surface area contributed by atoms with Crippen LogP contribution in [0.2, 0.25) is 10.0 Å². The number of hydrogen-bond acceptors (Lipinski definition) is 3. The molecule has 1 fully saturated rings. The van der Waals surface area contributed by atoms with Crippen molar-refractivity contribution in [3.05, 3.63) is 63.6 Å². The number of nitrogens with zero attached hydrogens (tertiary/aromatic N) is 1. The molecule has 0 bridgehead atoms. The molecule has 0 unspecified atom stereocenters. The van der Waals surface area contributed by atoms with Crippen LogP contribution in [0.4, 0.5) is 5.69 Å². The monoisotopic (exact) mass is 363 g/mol. The predicted molar refractivity (Wildman–Crippen MR) is 92.3 cm³/mol. The molecule has 2 aliphatic rings. The van der Waals surface area contributed by atoms with Gasteiger partial charge >= 0.3 is 0 Å². The van der Waals surface area contributed by atoms with Crippen LogP contribution >= 0.6 is 23.2 Å². The first-order chi connectivity index (χ1) is 11.6. The molecule has 1 amide bonds. The summed E-state index contributed by atoms with van der Waals surface area (Å²) < 4.78 is 11.6. The minimum Gasteiger partial charge on any atom is -0.338 e. The lowest BCUT2D eigenvalue weighted by Gasteiger charge is -2.32. The molecule has 24 heavy (non-hydrogen) atoms. The van der Waals surface area contributed by atoms with Gasteiger partial charge in [0.05, 0.1) is 25.4 Å². The molecular formula is C18H15Cl2NO3. The van der Waals surface area contributed by atoms with Crippen molar-refractivity contribution in [2.24, 2.45) is 0 Å². The van der Waals surface area contributed by atoms with Crippen molar-refractivity contribution in [2.75, 3.05) is 18.1 Å². The number of halogens is 2. The number of carbonyl (C=O) groups excluding carboxylic acids is 1. The minimum absolute atomic E-state index is 0.214. The Labute approximate surface area is 149 Å². The second-order valence-electron chi connectivity index (χ2n) is 5.81. The zero-order valence-corrected chi connectivity index (χ0v) is 14.3. The Morgan fingerprint density at radius 3 is 2.58 bits per heavy atom. The maximum Gasteiger partial charge on any atom is 0.292 e. The van der Waals surface area contributed by atoms with E-state index < -0.39 is 5.79 Å². The fourth-order valence-corrected chi connectivity index (χ4v) is 3.65. The first-order valence-electron chi connectivity index (χ1n) is 7.75. The van der Waals surface area contributed by atoms with Crippen molar-refractivity contribution in [1.82, 2.24) is 0 Å². The third-order valence-electron chi connectivity index (χ3n) is 4.32. The van der Waals surface area contributed by atoms with Gasteiger partial charge in [-0.25, -0.2) is 0 Å². The Morgan fingerprint density at radius 2 is 1.83 bits per heavy atom. The molecule has 1 spiro atoms. The smallest absolute Gasteiger partial charge is 0.292 e. The highest BCUT2D eigenvalue weighted by molar-refractivity contribution is 6.35. The van der Waals surface area contributed by atoms with Crippen molar-refractivity contribution < 1.29 is 14.3 Å². The molecule has 0 radical (unpaired) electrons. The molecule has 1 saturated heterocycles. The van der Waals surface area contributed by atoms with E-state index in [1.807, 2.05) is 30.3 Å². The molecule has 4 nitrogen and oxygen atoms in total. The van der Waals surface area contributed by atoms with Crippen LogP contribution in [0.3, 0.4) is 0 Å². The van der Waals surface area contributed by atoms with Crippen molar-refractivity contribution >= 4 is 34.8 Å². The van der Waals surface area contributed by atoms with Crippen molar-refractivity contribution in [3.63, 3.8) is 0 Å². The van der Waals surface area contributed by atoms with Crippen LogP contribution in [0.1, 0.15) is 17.5 Å². The van der Waals surface area contributed by atoms with Gasteiger partial charge in [-0.15, -0.1) is 0 Å². The average Bonchev–Trinajstić information content (AvgIpc) is 2.81. The Morgan fingerprint density at radius 1 is 1.08 bits per heavy atom. The zero-order chi connectivity index (χ0) is 16.7. The summed E-state index contributed by atoms with van der Waals surface area (Å²) >= 11 is 12.2. The molecule has 2 aliphatic heterocycles. The highest BCUT2D eigenvalue weighted by Crippen LogP contribution is 2.45. The van der Waals surface area contributed by atoms with E-state index in [0.29, 0.717) is 29.8 Å². The van der Waals surface area contributed by atoms with Gasteiger partial charge in [-0.05, 0) is 30.2 Å². The van der Waals surface area contributed by atoms with Gasteiger partial charge in [0.2, 0.25) is 0 Å². The van der Waals surface area contributed by atoms with E-state index in [9.17, 15) is 4.79 Å². The highest BCUT2D eigenvalue weighted by atomic mass is 35.5. The number of rotatable bonds is 2. The molecule has 0 N–H and O–H groups in total. The van der Waals surface area contributed by atoms with Gasteiger partial charge in [-0.1, -0.05) is 47.5 Å². The number of anilines is 1. The molecule has 2 heterocycles. The third-order valence-corrected chi connectivity index (χ3v) is 4.91. The van der Waals surface area contributed by atoms with Crippen LogP contribution in [-0.4, -0.2) is 19.1 Å². The Hall–Kier alpha value is -1.59. The van der Waals surface area contributed by atoms with Crippen molar-refractivity contribution in [1.29, 1.82) is 0 Å². The second kappa shape index (κ2) is 6.05. The van der Waals surface area contributed by atoms with E-state index in [1.165, 1.54) is 0 Å². The largest absolute Gasteiger partial charge is 0.338 e. The number of fused-ring (bicyclic) bond motifs is 2. The van der Waals surface area contributed by atoms with Crippen LogP contribution in [0.5, 0.6) is 0 Å². The summed E-state index contributed by atoms with van der Waals surface area (Å²) in [5.74, 6) is -1.54. The number of para-hydroxylation sites is 1. The average molecular weight is 364 g/mol. The van der Waals surface area contributed by atoms with Crippen molar-refractivity contribution in [3.8, 4) is 0 Å². The van der Waals surface area contributed by atoms with Crippen LogP contribution in [0.25, 0.3) is 0 Å². The molecule has 4 rings (SSSR count). The standard InChI is InChI=1S/C18H15Cl2NO3/c19-13-7-6-12(15(20)10-13)11-21-16-5-2-1-4-14(16)18(17(21)22)23-8-3-9-24-18/h1-2,4-7,10H,3,8-9,11H2. The van der Waals surface area contributed by atoms with E-state index in [4.69, 9.17) is 32.7 Å². The van der Waals surface area contributed by atoms with E-state index in [0.717, 1.165) is 23.2 Å². The third kappa shape index (κ3) is 2.42. The van der Waals surface area contributed by atoms with Crippen LogP contribution in [-0.2, 0) is 26.6 Å². The summed E-state index contributed by atoms with van der Waals surface area (Å²) in [5.41, 5.74) is 2.35. The maximum atomic E-state index is 13.1. The van der Waals surface area contributed by atoms with E-state index in [1.54, 1.807) is 17.0 Å². The minimum atomic E-state index is -1.33. The van der Waals surface area contributed by atoms with Gasteiger partial charge in [-0.2, -0.15) is 0 Å². The highest BCUT2D eigenvalue weighted by Gasteiger charge is 2.54. The zero-order valence-electron chi connectivity index (χ0n) is 12.8. The Kier molecular flexibility index (Phi) is 4.01. The summed E-state index contributed by atoms with van der Waals surface area (Å²) in [6, 6.07) is 12.8. The molecule has 0 aromatic heterocycles. The Balaban J connectivity index is 1.75. The van der Waals surface area contributed by atoms with Gasteiger partial charge in [0.15, 0.2) is 0 Å². The summed E-state index contributed by atoms with van der Waals surface area (Å²) in [7, 11) is 0. The van der Waals surface area contributed by atoms with Crippen LogP contribution in [0.15, 0.2) is 42.5 Å². The van der Waals surface area contributed by atoms with Crippen molar-refractivity contribution in [2.45, 2.75) is 18.8 Å².